The largest absolute Gasteiger partial charge is 0.573 e. The molecular weight excluding hydrogens is 1990 g/mol. The van der Waals surface area contributed by atoms with Gasteiger partial charge in [-0.25, -0.2) is 4.39 Å². The van der Waals surface area contributed by atoms with Gasteiger partial charge in [0.1, 0.15) is 41.5 Å². The molecule has 12 atom stereocenters. The molecule has 4 N–H and O–H groups in total. The Balaban J connectivity index is 0.000000166. The van der Waals surface area contributed by atoms with Gasteiger partial charge in [-0.05, 0) is 324 Å². The number of carbonyl (C=O) groups is 8. The molecule has 0 radical (unpaired) electrons. The summed E-state index contributed by atoms with van der Waals surface area (Å²) in [5, 5.41) is 12.7. The summed E-state index contributed by atoms with van der Waals surface area (Å²) >= 11 is 13.9. The molecule has 0 spiro atoms. The molecule has 0 bridgehead atoms. The van der Waals surface area contributed by atoms with Crippen LogP contribution in [-0.4, -0.2) is 206 Å². The van der Waals surface area contributed by atoms with Crippen LogP contribution in [0.2, 0.25) is 10.0 Å². The maximum absolute atomic E-state index is 13.4. The average Bonchev–Trinajstić information content (AvgIpc) is 1.60. The maximum Gasteiger partial charge on any atom is 0.573 e. The normalized spacial score (nSPS) is 21.6. The summed E-state index contributed by atoms with van der Waals surface area (Å²) in [6, 6.07) is 50.6. The fraction of sp³-hybridized carbons (Fsp3) is 0.517. The number of piperazine rings is 1. The van der Waals surface area contributed by atoms with E-state index in [0.29, 0.717) is 102 Å². The molecular formula is C116H141Cl2F10N9O11S. The van der Waals surface area contributed by atoms with Crippen LogP contribution in [0.25, 0.3) is 0 Å². The van der Waals surface area contributed by atoms with Gasteiger partial charge in [-0.3, -0.25) is 38.4 Å². The number of carbonyl (C=O) groups excluding carboxylic acids is 8. The lowest BCUT2D eigenvalue weighted by Crippen LogP contribution is -2.54. The van der Waals surface area contributed by atoms with Gasteiger partial charge in [0.15, 0.2) is 0 Å². The van der Waals surface area contributed by atoms with Gasteiger partial charge in [0.2, 0.25) is 23.6 Å². The van der Waals surface area contributed by atoms with Crippen molar-refractivity contribution >= 4 is 82.2 Å². The van der Waals surface area contributed by atoms with E-state index in [1.165, 1.54) is 53.8 Å². The van der Waals surface area contributed by atoms with Gasteiger partial charge in [0, 0.05) is 100 Å². The summed E-state index contributed by atoms with van der Waals surface area (Å²) in [5.74, 6) is 2.69. The molecule has 8 aromatic rings. The fourth-order valence-corrected chi connectivity index (χ4v) is 22.4. The standard InChI is InChI=1S/C31H39F4N3O2.C30H37F3N2O3.C29H35F3N2O4.C26H30Cl2N2O2S/c1-3-37-17-19-38(20-18-37)29(40)27(36-28(39)23-8-12-24(13-9-23)31(33,34)35)7-5-4-6-16-30(2)21-26(30)22-10-14-25(32)15-11-22;1-29(21-25(29)22-14-16-24(17-15-22)38-30(31,32)33)18-8-3-7-13-26(28(37)35-19-9-4-10-20-35)34-27(36)23-11-5-2-6-12-23;1-28(18-24(28)20-8-12-23(37-2)13-9-20)14-5-17-38-19-25(27(36)34-15-3-4-16-34)33-26(35)21-6-10-22(11-7-21)29(30,31)32;27-22-11-10-20(16-23(22)28)21-15-19(21)9-6-14-33-17-24(26(32)30-12-4-5-13-30)29-25(31)18-7-2-1-3-8-18/h8-15,26-27H,3-7,16-21H2,1-2H3,(H,36,39);2,5-6,11-12,14-17,25-26H,3-4,7-10,13,18-21H2,1H3,(H,34,36);6-13,24-25H,3-5,14-19H2,1-2H3,(H,33,35);1-3,7-8,10-11,16,19,21,24H,4-6,9,12-15,17H2,(H,29,31)/t26-,27-,30?;25-,26-,29?;24-,25-,28?;19?,21-,24+/m0001/s1. The summed E-state index contributed by atoms with van der Waals surface area (Å²) in [4.78, 5) is 113. The van der Waals surface area contributed by atoms with Gasteiger partial charge < -0.3 is 60.0 Å². The number of methoxy groups -OCH3 is 1. The number of unbranched alkanes of at least 4 members (excludes halogenated alkanes) is 4. The monoisotopic (exact) mass is 2130 g/mol. The molecule has 4 aliphatic carbocycles. The smallest absolute Gasteiger partial charge is 0.497 e. The Hall–Kier alpha value is -10.7. The zero-order valence-corrected chi connectivity index (χ0v) is 88.0. The molecule has 4 unspecified atom stereocenters. The minimum absolute atomic E-state index is 0.0142. The molecule has 16 rings (SSSR count). The second kappa shape index (κ2) is 54.0. The van der Waals surface area contributed by atoms with E-state index in [0.717, 1.165) is 246 Å². The molecule has 4 saturated heterocycles. The van der Waals surface area contributed by atoms with E-state index in [1.807, 2.05) is 82.6 Å². The van der Waals surface area contributed by atoms with Crippen molar-refractivity contribution in [3.05, 3.63) is 272 Å². The van der Waals surface area contributed by atoms with Crippen LogP contribution < -0.4 is 30.7 Å². The van der Waals surface area contributed by atoms with Crippen LogP contribution >= 0.6 is 35.0 Å². The van der Waals surface area contributed by atoms with Crippen molar-refractivity contribution in [3.8, 4) is 11.5 Å². The Bertz CT molecular complexity index is 5670. The molecule has 806 valence electrons. The highest BCUT2D eigenvalue weighted by molar-refractivity contribution is 7.99. The number of ether oxygens (including phenoxy) is 3. The summed E-state index contributed by atoms with van der Waals surface area (Å²) < 4.78 is 143. The molecule has 4 saturated carbocycles. The van der Waals surface area contributed by atoms with E-state index in [9.17, 15) is 82.3 Å². The molecule has 149 heavy (non-hydrogen) atoms. The van der Waals surface area contributed by atoms with Crippen molar-refractivity contribution in [3.63, 3.8) is 0 Å². The Labute approximate surface area is 883 Å². The van der Waals surface area contributed by atoms with Crippen LogP contribution in [0.5, 0.6) is 11.5 Å². The quantitative estimate of drug-likeness (QED) is 0.0206. The Morgan fingerprint density at radius 3 is 1.22 bits per heavy atom. The van der Waals surface area contributed by atoms with Crippen molar-refractivity contribution in [1.29, 1.82) is 0 Å². The second-order valence-corrected chi connectivity index (χ2v) is 43.7. The Morgan fingerprint density at radius 1 is 0.416 bits per heavy atom. The van der Waals surface area contributed by atoms with E-state index in [-0.39, 0.29) is 81.0 Å². The zero-order chi connectivity index (χ0) is 107. The third-order valence-electron chi connectivity index (χ3n) is 30.7. The topological polar surface area (TPSA) is 229 Å². The lowest BCUT2D eigenvalue weighted by atomic mass is 9.94. The number of hydrogen-bond acceptors (Lipinski definition) is 13. The number of hydrogen-bond donors (Lipinski definition) is 4. The van der Waals surface area contributed by atoms with Crippen molar-refractivity contribution in [2.24, 2.45) is 22.2 Å². The van der Waals surface area contributed by atoms with Crippen LogP contribution in [0.4, 0.5) is 43.9 Å². The highest BCUT2D eigenvalue weighted by atomic mass is 35.5. The van der Waals surface area contributed by atoms with Crippen molar-refractivity contribution in [2.75, 3.05) is 104 Å². The summed E-state index contributed by atoms with van der Waals surface area (Å²) in [6.45, 7) is 17.2. The lowest BCUT2D eigenvalue weighted by Gasteiger charge is -2.36. The van der Waals surface area contributed by atoms with Crippen molar-refractivity contribution < 1.29 is 96.5 Å². The third kappa shape index (κ3) is 34.6. The summed E-state index contributed by atoms with van der Waals surface area (Å²) in [5.41, 5.74) is 4.97. The maximum atomic E-state index is 13.4. The van der Waals surface area contributed by atoms with Crippen LogP contribution in [-0.2, 0) is 36.3 Å². The van der Waals surface area contributed by atoms with Gasteiger partial charge in [-0.15, -0.1) is 13.2 Å². The number of likely N-dealkylation sites (tertiary alicyclic amines) is 3. The number of benzene rings is 8. The predicted octanol–water partition coefficient (Wildman–Crippen LogP) is 24.5. The molecule has 8 amide bonds. The van der Waals surface area contributed by atoms with E-state index >= 15 is 0 Å². The van der Waals surface area contributed by atoms with Gasteiger partial charge in [0.05, 0.1) is 34.9 Å². The highest BCUT2D eigenvalue weighted by Crippen LogP contribution is 2.64. The Morgan fingerprint density at radius 2 is 0.799 bits per heavy atom. The number of halogens is 12. The molecule has 4 aliphatic heterocycles. The lowest BCUT2D eigenvalue weighted by molar-refractivity contribution is -0.274. The first-order chi connectivity index (χ1) is 71.3. The van der Waals surface area contributed by atoms with Gasteiger partial charge in [-0.2, -0.15) is 38.1 Å². The van der Waals surface area contributed by atoms with Gasteiger partial charge in [-0.1, -0.05) is 168 Å². The van der Waals surface area contributed by atoms with E-state index in [2.05, 4.69) is 76.8 Å². The predicted molar refractivity (Wildman–Crippen MR) is 561 cm³/mol. The molecule has 8 aliphatic rings. The fourth-order valence-electron chi connectivity index (χ4n) is 21.1. The summed E-state index contributed by atoms with van der Waals surface area (Å²) in [6.07, 6.45) is 10.4. The number of alkyl halides is 9. The van der Waals surface area contributed by atoms with Crippen LogP contribution in [0, 0.1) is 28.0 Å². The number of nitrogens with zero attached hydrogens (tertiary/aromatic N) is 5. The van der Waals surface area contributed by atoms with E-state index < -0.39 is 65.8 Å². The third-order valence-corrected chi connectivity index (χ3v) is 32.6. The Kier molecular flexibility index (Phi) is 41.8. The van der Waals surface area contributed by atoms with Crippen molar-refractivity contribution in [2.45, 2.75) is 255 Å². The zero-order valence-electron chi connectivity index (χ0n) is 85.7. The SMILES string of the molecule is CC1(CCCCC[C@H](NC(=O)c2ccccc2)C(=O)N2CCCCC2)C[C@H]1c1ccc(OC(F)(F)F)cc1.CCN1CCN(C(=O)[C@H](CCCCCC2(C)C[C@H]2c2ccc(F)cc2)NC(=O)c2ccc(C(F)(F)F)cc2)CC1.COc1ccc([C@@H]2CC2(C)CCCOC[C@H](NC(=O)c2ccc(C(F)(F)F)cc2)C(=O)N2CCCC2)cc1.O=C(N[C@@H](CSCCCC1C[C@H]1c1ccc(Cl)c(Cl)c1)C(=O)N1CCCC1)c1ccccc1. The molecule has 8 fully saturated rings. The first-order valence-corrected chi connectivity index (χ1v) is 54.6. The average molecular weight is 2130 g/mol. The number of nitrogens with one attached hydrogen (secondary N) is 4. The number of rotatable bonds is 43. The summed E-state index contributed by atoms with van der Waals surface area (Å²) in [7, 11) is 1.65. The number of piperidine rings is 1. The van der Waals surface area contributed by atoms with Crippen LogP contribution in [0.3, 0.4) is 0 Å². The molecule has 0 aromatic heterocycles. The minimum atomic E-state index is -4.68. The van der Waals surface area contributed by atoms with Gasteiger partial charge >= 0.3 is 18.7 Å². The first kappa shape index (κ1) is 115. The highest BCUT2D eigenvalue weighted by Gasteiger charge is 2.53. The van der Waals surface area contributed by atoms with Crippen LogP contribution in [0.15, 0.2) is 200 Å². The van der Waals surface area contributed by atoms with E-state index in [1.54, 1.807) is 65.1 Å². The number of thioether (sulfide) groups is 1. The number of likely N-dealkylation sites (N-methyl/N-ethyl adjacent to an activating group) is 1. The molecule has 4 heterocycles. The number of amides is 8. The molecule has 20 nitrogen and oxygen atoms in total. The first-order valence-electron chi connectivity index (χ1n) is 52.7. The molecule has 8 aromatic carbocycles. The minimum Gasteiger partial charge on any atom is -0.497 e. The molecule has 33 heteroatoms. The van der Waals surface area contributed by atoms with Crippen molar-refractivity contribution in [1.82, 2.24) is 45.8 Å². The van der Waals surface area contributed by atoms with E-state index in [4.69, 9.17) is 32.7 Å². The van der Waals surface area contributed by atoms with Gasteiger partial charge in [0.25, 0.3) is 23.6 Å². The second-order valence-electron chi connectivity index (χ2n) is 41.7. The van der Waals surface area contributed by atoms with Crippen LogP contribution in [0.1, 0.15) is 287 Å².